The Kier molecular flexibility index (Phi) is 6.04. The Labute approximate surface area is 153 Å². The molecule has 1 saturated heterocycles. The highest BCUT2D eigenvalue weighted by molar-refractivity contribution is 7.12. The summed E-state index contributed by atoms with van der Waals surface area (Å²) >= 11 is 1.67. The predicted octanol–water partition coefficient (Wildman–Crippen LogP) is 4.08. The van der Waals surface area contributed by atoms with E-state index in [2.05, 4.69) is 34.0 Å². The molecule has 5 nitrogen and oxygen atoms in total. The van der Waals surface area contributed by atoms with Crippen LogP contribution in [0.15, 0.2) is 41.6 Å². The van der Waals surface area contributed by atoms with E-state index >= 15 is 0 Å². The number of anilines is 1. The number of rotatable bonds is 7. The lowest BCUT2D eigenvalue weighted by Crippen LogP contribution is -2.46. The van der Waals surface area contributed by atoms with Gasteiger partial charge in [0.05, 0.1) is 12.8 Å². The average Bonchev–Trinajstić information content (AvgIpc) is 3.09. The number of ether oxygens (including phenoxy) is 1. The van der Waals surface area contributed by atoms with Crippen molar-refractivity contribution in [3.05, 3.63) is 51.1 Å². The second-order valence-corrected chi connectivity index (χ2v) is 7.68. The van der Waals surface area contributed by atoms with Crippen LogP contribution in [0.3, 0.4) is 0 Å². The van der Waals surface area contributed by atoms with E-state index in [0.717, 1.165) is 55.5 Å². The Bertz CT molecular complexity index is 695. The minimum absolute atomic E-state index is 0.217. The second kappa shape index (κ2) is 8.45. The molecular formula is C19H25N3O2S. The van der Waals surface area contributed by atoms with Gasteiger partial charge >= 0.3 is 0 Å². The van der Waals surface area contributed by atoms with Crippen molar-refractivity contribution in [2.75, 3.05) is 44.7 Å². The van der Waals surface area contributed by atoms with Gasteiger partial charge in [-0.2, -0.15) is 4.91 Å². The summed E-state index contributed by atoms with van der Waals surface area (Å²) in [5, 5.41) is 3.35. The first-order valence-corrected chi connectivity index (χ1v) is 9.52. The van der Waals surface area contributed by atoms with Crippen LogP contribution in [0.1, 0.15) is 22.2 Å². The number of hydrogen-bond donors (Lipinski definition) is 0. The Balaban J connectivity index is 1.51. The van der Waals surface area contributed by atoms with Crippen molar-refractivity contribution in [3.63, 3.8) is 0 Å². The summed E-state index contributed by atoms with van der Waals surface area (Å²) in [5.74, 6) is 0.925. The highest BCUT2D eigenvalue weighted by Gasteiger charge is 2.21. The number of piperazine rings is 1. The van der Waals surface area contributed by atoms with Crippen LogP contribution in [0.25, 0.3) is 0 Å². The van der Waals surface area contributed by atoms with Crippen molar-refractivity contribution < 1.29 is 4.74 Å². The number of hydrogen-bond acceptors (Lipinski definition) is 6. The fraction of sp³-hybridized carbons (Fsp3) is 0.474. The lowest BCUT2D eigenvalue weighted by molar-refractivity contribution is 0.248. The maximum atomic E-state index is 11.2. The molecule has 0 spiro atoms. The van der Waals surface area contributed by atoms with Gasteiger partial charge in [0.2, 0.25) is 0 Å². The van der Waals surface area contributed by atoms with Crippen LogP contribution in [0.5, 0.6) is 5.75 Å². The van der Waals surface area contributed by atoms with Gasteiger partial charge in [0, 0.05) is 42.5 Å². The molecule has 1 atom stereocenters. The number of nitrogens with zero attached hydrogens (tertiary/aromatic N) is 3. The second-order valence-electron chi connectivity index (χ2n) is 6.36. The molecule has 0 radical (unpaired) electrons. The van der Waals surface area contributed by atoms with Crippen molar-refractivity contribution in [1.29, 1.82) is 0 Å². The molecule has 1 unspecified atom stereocenters. The minimum atomic E-state index is -0.217. The fourth-order valence-corrected chi connectivity index (χ4v) is 4.23. The highest BCUT2D eigenvalue weighted by Crippen LogP contribution is 2.30. The monoisotopic (exact) mass is 359 g/mol. The zero-order valence-electron chi connectivity index (χ0n) is 14.9. The molecule has 134 valence electrons. The Morgan fingerprint density at radius 2 is 1.92 bits per heavy atom. The van der Waals surface area contributed by atoms with Crippen LogP contribution in [-0.2, 0) is 0 Å². The molecule has 2 aromatic rings. The number of benzene rings is 1. The maximum absolute atomic E-state index is 11.2. The van der Waals surface area contributed by atoms with Crippen LogP contribution in [0.4, 0.5) is 5.69 Å². The summed E-state index contributed by atoms with van der Waals surface area (Å²) in [6.07, 6.45) is 0.790. The Hall–Kier alpha value is -1.92. The zero-order valence-corrected chi connectivity index (χ0v) is 15.7. The quantitative estimate of drug-likeness (QED) is 0.699. The number of methoxy groups -OCH3 is 1. The number of para-hydroxylation sites is 2. The van der Waals surface area contributed by atoms with Gasteiger partial charge in [0.15, 0.2) is 0 Å². The van der Waals surface area contributed by atoms with Crippen molar-refractivity contribution in [3.8, 4) is 5.75 Å². The lowest BCUT2D eigenvalue weighted by Gasteiger charge is -2.36. The largest absolute Gasteiger partial charge is 0.495 e. The number of nitroso groups, excluding NO2 is 1. The van der Waals surface area contributed by atoms with Gasteiger partial charge in [0.25, 0.3) is 0 Å². The van der Waals surface area contributed by atoms with Gasteiger partial charge in [0.1, 0.15) is 11.8 Å². The van der Waals surface area contributed by atoms with E-state index in [1.165, 1.54) is 4.88 Å². The molecule has 25 heavy (non-hydrogen) atoms. The molecule has 0 bridgehead atoms. The average molecular weight is 359 g/mol. The predicted molar refractivity (Wildman–Crippen MR) is 104 cm³/mol. The molecule has 1 aliphatic rings. The van der Waals surface area contributed by atoms with Crippen LogP contribution >= 0.6 is 11.3 Å². The molecule has 0 aliphatic carbocycles. The summed E-state index contributed by atoms with van der Waals surface area (Å²) in [4.78, 5) is 18.3. The maximum Gasteiger partial charge on any atom is 0.142 e. The molecular weight excluding hydrogens is 334 g/mol. The number of thiophene rings is 1. The number of aryl methyl sites for hydroxylation is 1. The van der Waals surface area contributed by atoms with E-state index in [0.29, 0.717) is 0 Å². The first kappa shape index (κ1) is 17.9. The molecule has 2 heterocycles. The normalized spacial score (nSPS) is 16.6. The molecule has 1 aromatic heterocycles. The van der Waals surface area contributed by atoms with E-state index in [1.54, 1.807) is 18.4 Å². The Morgan fingerprint density at radius 3 is 2.56 bits per heavy atom. The first-order valence-electron chi connectivity index (χ1n) is 8.70. The van der Waals surface area contributed by atoms with Gasteiger partial charge in [-0.1, -0.05) is 17.3 Å². The SMILES string of the molecule is COc1ccccc1N1CCN(CCC(N=O)c2ccc(C)s2)CC1. The molecule has 0 amide bonds. The van der Waals surface area contributed by atoms with E-state index < -0.39 is 0 Å². The standard InChI is InChI=1S/C19H25N3O2S/c1-15-7-8-19(25-15)16(20-23)9-10-21-11-13-22(14-12-21)17-5-3-4-6-18(17)24-2/h3-8,16H,9-14H2,1-2H3. The van der Waals surface area contributed by atoms with Crippen molar-refractivity contribution in [1.82, 2.24) is 4.90 Å². The van der Waals surface area contributed by atoms with E-state index in [4.69, 9.17) is 4.74 Å². The third-order valence-electron chi connectivity index (χ3n) is 4.73. The highest BCUT2D eigenvalue weighted by atomic mass is 32.1. The van der Waals surface area contributed by atoms with E-state index in [1.807, 2.05) is 24.3 Å². The van der Waals surface area contributed by atoms with Gasteiger partial charge in [-0.3, -0.25) is 4.90 Å². The Morgan fingerprint density at radius 1 is 1.16 bits per heavy atom. The first-order chi connectivity index (χ1) is 12.2. The summed E-state index contributed by atoms with van der Waals surface area (Å²) in [6, 6.07) is 12.0. The molecule has 1 fully saturated rings. The van der Waals surface area contributed by atoms with Gasteiger partial charge in [-0.25, -0.2) is 0 Å². The van der Waals surface area contributed by atoms with Gasteiger partial charge in [-0.05, 0) is 37.6 Å². The van der Waals surface area contributed by atoms with Crippen LogP contribution in [0, 0.1) is 11.8 Å². The van der Waals surface area contributed by atoms with Crippen molar-refractivity contribution in [2.24, 2.45) is 5.18 Å². The van der Waals surface area contributed by atoms with Crippen LogP contribution < -0.4 is 9.64 Å². The fourth-order valence-electron chi connectivity index (χ4n) is 3.29. The van der Waals surface area contributed by atoms with Crippen LogP contribution in [-0.4, -0.2) is 44.7 Å². The van der Waals surface area contributed by atoms with Crippen molar-refractivity contribution >= 4 is 17.0 Å². The summed E-state index contributed by atoms with van der Waals surface area (Å²) in [6.45, 7) is 6.90. The zero-order chi connectivity index (χ0) is 17.6. The molecule has 1 aromatic carbocycles. The van der Waals surface area contributed by atoms with Gasteiger partial charge in [-0.15, -0.1) is 11.3 Å². The molecule has 0 saturated carbocycles. The van der Waals surface area contributed by atoms with Crippen LogP contribution in [0.2, 0.25) is 0 Å². The molecule has 6 heteroatoms. The minimum Gasteiger partial charge on any atom is -0.495 e. The molecule has 0 N–H and O–H groups in total. The topological polar surface area (TPSA) is 45.1 Å². The summed E-state index contributed by atoms with van der Waals surface area (Å²) in [7, 11) is 1.72. The molecule has 3 rings (SSSR count). The summed E-state index contributed by atoms with van der Waals surface area (Å²) in [5.41, 5.74) is 1.16. The summed E-state index contributed by atoms with van der Waals surface area (Å²) < 4.78 is 5.47. The molecule has 1 aliphatic heterocycles. The van der Waals surface area contributed by atoms with Crippen molar-refractivity contribution in [2.45, 2.75) is 19.4 Å². The lowest BCUT2D eigenvalue weighted by atomic mass is 10.1. The van der Waals surface area contributed by atoms with E-state index in [-0.39, 0.29) is 6.04 Å². The smallest absolute Gasteiger partial charge is 0.142 e. The third-order valence-corrected chi connectivity index (χ3v) is 5.84. The third kappa shape index (κ3) is 4.38. The van der Waals surface area contributed by atoms with Gasteiger partial charge < -0.3 is 9.64 Å². The van der Waals surface area contributed by atoms with E-state index in [9.17, 15) is 4.91 Å².